The van der Waals surface area contributed by atoms with Crippen molar-refractivity contribution in [2.45, 2.75) is 40.5 Å². The normalized spacial score (nSPS) is 11.1. The molecule has 0 spiro atoms. The van der Waals surface area contributed by atoms with Gasteiger partial charge < -0.3 is 0 Å². The van der Waals surface area contributed by atoms with Gasteiger partial charge in [0.15, 0.2) is 0 Å². The minimum absolute atomic E-state index is 0.993. The summed E-state index contributed by atoms with van der Waals surface area (Å²) in [4.78, 5) is 0. The molecule has 0 heterocycles. The molecule has 0 amide bonds. The molecular formula is C18H22. The van der Waals surface area contributed by atoms with Crippen LogP contribution in [0.4, 0.5) is 0 Å². The molecule has 0 fully saturated rings. The Morgan fingerprint density at radius 2 is 1.72 bits per heavy atom. The van der Waals surface area contributed by atoms with E-state index in [2.05, 4.69) is 45.6 Å². The summed E-state index contributed by atoms with van der Waals surface area (Å²) in [5.41, 5.74) is 5.03. The van der Waals surface area contributed by atoms with Crippen LogP contribution in [0.15, 0.2) is 53.1 Å². The highest BCUT2D eigenvalue weighted by molar-refractivity contribution is 5.45. The van der Waals surface area contributed by atoms with Gasteiger partial charge in [-0.05, 0) is 44.4 Å². The zero-order valence-electron chi connectivity index (χ0n) is 11.9. The number of hydrogen-bond acceptors (Lipinski definition) is 0. The molecule has 0 nitrogen and oxygen atoms in total. The van der Waals surface area contributed by atoms with Gasteiger partial charge in [0.05, 0.1) is 0 Å². The van der Waals surface area contributed by atoms with Crippen LogP contribution in [0.1, 0.15) is 46.1 Å². The van der Waals surface area contributed by atoms with Crippen LogP contribution in [0.2, 0.25) is 0 Å². The standard InChI is InChI=1S/C18H22/c1-5-17(18(6-2)14-15(3)4)13-12-16-10-8-7-9-11-16/h7-11,14H,5-6H2,1-4H3/b18-17+. The Bertz CT molecular complexity index is 486. The van der Waals surface area contributed by atoms with E-state index in [-0.39, 0.29) is 0 Å². The minimum Gasteiger partial charge on any atom is -0.0761 e. The van der Waals surface area contributed by atoms with Crippen molar-refractivity contribution in [1.29, 1.82) is 0 Å². The van der Waals surface area contributed by atoms with Crippen LogP contribution >= 0.6 is 0 Å². The topological polar surface area (TPSA) is 0 Å². The van der Waals surface area contributed by atoms with Crippen molar-refractivity contribution < 1.29 is 0 Å². The van der Waals surface area contributed by atoms with Crippen LogP contribution in [0, 0.1) is 11.8 Å². The van der Waals surface area contributed by atoms with Crippen molar-refractivity contribution in [3.05, 3.63) is 58.7 Å². The van der Waals surface area contributed by atoms with Gasteiger partial charge in [-0.2, -0.15) is 0 Å². The summed E-state index contributed by atoms with van der Waals surface area (Å²) >= 11 is 0. The Hall–Kier alpha value is -1.74. The van der Waals surface area contributed by atoms with E-state index >= 15 is 0 Å². The maximum absolute atomic E-state index is 3.33. The molecule has 0 bridgehead atoms. The van der Waals surface area contributed by atoms with E-state index in [9.17, 15) is 0 Å². The second-order valence-corrected chi connectivity index (χ2v) is 4.55. The quantitative estimate of drug-likeness (QED) is 0.506. The van der Waals surface area contributed by atoms with Crippen LogP contribution < -0.4 is 0 Å². The number of rotatable bonds is 3. The van der Waals surface area contributed by atoms with Gasteiger partial charge in [0.2, 0.25) is 0 Å². The average molecular weight is 238 g/mol. The third-order valence-electron chi connectivity index (χ3n) is 2.72. The largest absolute Gasteiger partial charge is 0.0761 e. The molecule has 0 heteroatoms. The summed E-state index contributed by atoms with van der Waals surface area (Å²) < 4.78 is 0. The molecule has 1 aromatic carbocycles. The molecule has 94 valence electrons. The van der Waals surface area contributed by atoms with Crippen molar-refractivity contribution in [2.24, 2.45) is 0 Å². The predicted octanol–water partition coefficient (Wildman–Crippen LogP) is 5.12. The summed E-state index contributed by atoms with van der Waals surface area (Å²) in [6, 6.07) is 10.2. The van der Waals surface area contributed by atoms with Crippen LogP contribution in [-0.4, -0.2) is 0 Å². The van der Waals surface area contributed by atoms with E-state index in [1.807, 2.05) is 30.3 Å². The van der Waals surface area contributed by atoms with Gasteiger partial charge in [-0.3, -0.25) is 0 Å². The summed E-state index contributed by atoms with van der Waals surface area (Å²) in [6.07, 6.45) is 4.28. The van der Waals surface area contributed by atoms with E-state index in [4.69, 9.17) is 0 Å². The monoisotopic (exact) mass is 238 g/mol. The fourth-order valence-electron chi connectivity index (χ4n) is 1.82. The maximum atomic E-state index is 3.33. The van der Waals surface area contributed by atoms with Gasteiger partial charge in [0.25, 0.3) is 0 Å². The summed E-state index contributed by atoms with van der Waals surface area (Å²) in [7, 11) is 0. The Morgan fingerprint density at radius 1 is 1.06 bits per heavy atom. The SMILES string of the molecule is CC/C(C#Cc1ccccc1)=C(\C=C(C)C)CC. The van der Waals surface area contributed by atoms with E-state index < -0.39 is 0 Å². The Kier molecular flexibility index (Phi) is 6.01. The maximum Gasteiger partial charge on any atom is 0.0248 e. The molecule has 0 aliphatic rings. The van der Waals surface area contributed by atoms with E-state index in [0.717, 1.165) is 18.4 Å². The number of benzene rings is 1. The first kappa shape index (κ1) is 14.3. The first-order chi connectivity index (χ1) is 8.67. The molecule has 0 saturated heterocycles. The summed E-state index contributed by atoms with van der Waals surface area (Å²) in [5.74, 6) is 6.57. The van der Waals surface area contributed by atoms with Gasteiger partial charge >= 0.3 is 0 Å². The molecular weight excluding hydrogens is 216 g/mol. The Labute approximate surface area is 111 Å². The molecule has 0 aliphatic heterocycles. The predicted molar refractivity (Wildman–Crippen MR) is 80.4 cm³/mol. The molecule has 0 radical (unpaired) electrons. The molecule has 1 rings (SSSR count). The lowest BCUT2D eigenvalue weighted by atomic mass is 10.0. The molecule has 0 atom stereocenters. The summed E-state index contributed by atoms with van der Waals surface area (Å²) in [6.45, 7) is 8.62. The second-order valence-electron chi connectivity index (χ2n) is 4.55. The van der Waals surface area contributed by atoms with Crippen molar-refractivity contribution in [3.8, 4) is 11.8 Å². The highest BCUT2D eigenvalue weighted by atomic mass is 14.0. The molecule has 1 aromatic rings. The lowest BCUT2D eigenvalue weighted by Crippen LogP contribution is -1.86. The Balaban J connectivity index is 3.08. The Morgan fingerprint density at radius 3 is 2.22 bits per heavy atom. The second kappa shape index (κ2) is 7.56. The van der Waals surface area contributed by atoms with E-state index in [0.29, 0.717) is 0 Å². The minimum atomic E-state index is 0.993. The fourth-order valence-corrected chi connectivity index (χ4v) is 1.82. The van der Waals surface area contributed by atoms with E-state index in [1.54, 1.807) is 0 Å². The molecule has 0 saturated carbocycles. The smallest absolute Gasteiger partial charge is 0.0248 e. The van der Waals surface area contributed by atoms with Gasteiger partial charge in [-0.15, -0.1) is 0 Å². The molecule has 18 heavy (non-hydrogen) atoms. The number of hydrogen-bond donors (Lipinski definition) is 0. The lowest BCUT2D eigenvalue weighted by molar-refractivity contribution is 1.05. The van der Waals surface area contributed by atoms with Crippen molar-refractivity contribution in [2.75, 3.05) is 0 Å². The van der Waals surface area contributed by atoms with Gasteiger partial charge in [-0.1, -0.05) is 55.5 Å². The first-order valence-corrected chi connectivity index (χ1v) is 6.61. The van der Waals surface area contributed by atoms with Crippen LogP contribution in [0.25, 0.3) is 0 Å². The zero-order valence-corrected chi connectivity index (χ0v) is 11.9. The highest BCUT2D eigenvalue weighted by Crippen LogP contribution is 2.15. The number of allylic oxidation sites excluding steroid dienone is 4. The zero-order chi connectivity index (χ0) is 13.4. The van der Waals surface area contributed by atoms with Crippen molar-refractivity contribution in [1.82, 2.24) is 0 Å². The van der Waals surface area contributed by atoms with Crippen molar-refractivity contribution >= 4 is 0 Å². The molecule has 0 unspecified atom stereocenters. The molecule has 0 aliphatic carbocycles. The average Bonchev–Trinajstić information content (AvgIpc) is 2.38. The third-order valence-corrected chi connectivity index (χ3v) is 2.72. The lowest BCUT2D eigenvalue weighted by Gasteiger charge is -2.03. The fraction of sp³-hybridized carbons (Fsp3) is 0.333. The van der Waals surface area contributed by atoms with Crippen LogP contribution in [0.5, 0.6) is 0 Å². The molecule has 0 aromatic heterocycles. The first-order valence-electron chi connectivity index (χ1n) is 6.61. The van der Waals surface area contributed by atoms with Gasteiger partial charge in [0.1, 0.15) is 0 Å². The highest BCUT2D eigenvalue weighted by Gasteiger charge is 1.98. The van der Waals surface area contributed by atoms with Crippen LogP contribution in [-0.2, 0) is 0 Å². The van der Waals surface area contributed by atoms with Gasteiger partial charge in [0, 0.05) is 11.1 Å². The van der Waals surface area contributed by atoms with Crippen molar-refractivity contribution in [3.63, 3.8) is 0 Å². The third kappa shape index (κ3) is 4.63. The van der Waals surface area contributed by atoms with Crippen LogP contribution in [0.3, 0.4) is 0 Å². The van der Waals surface area contributed by atoms with Gasteiger partial charge in [-0.25, -0.2) is 0 Å². The summed E-state index contributed by atoms with van der Waals surface area (Å²) in [5, 5.41) is 0. The molecule has 0 N–H and O–H groups in total. The van der Waals surface area contributed by atoms with E-state index in [1.165, 1.54) is 16.7 Å².